The molecule has 1 heterocycles. The molecule has 1 atom stereocenters. The molecular formula is C13H24F2O2. The van der Waals surface area contributed by atoms with Crippen molar-refractivity contribution in [1.29, 1.82) is 0 Å². The van der Waals surface area contributed by atoms with Gasteiger partial charge in [0.15, 0.2) is 6.29 Å². The Morgan fingerprint density at radius 2 is 1.65 bits per heavy atom. The van der Waals surface area contributed by atoms with Gasteiger partial charge in [-0.25, -0.2) is 8.78 Å². The Kier molecular flexibility index (Phi) is 3.90. The van der Waals surface area contributed by atoms with Gasteiger partial charge in [-0.2, -0.15) is 0 Å². The van der Waals surface area contributed by atoms with Crippen LogP contribution in [-0.2, 0) is 9.47 Å². The quantitative estimate of drug-likeness (QED) is 0.668. The van der Waals surface area contributed by atoms with Crippen LogP contribution in [0.1, 0.15) is 48.0 Å². The standard InChI is InChI=1S/C13H24F2O2/c1-11(2,13(5,6)10(14)15)8-12(3,4)17-9-7-16-9/h9-10H,7-8H2,1-6H3. The summed E-state index contributed by atoms with van der Waals surface area (Å²) in [6, 6.07) is 0. The fourth-order valence-electron chi connectivity index (χ4n) is 2.09. The number of halogens is 2. The highest BCUT2D eigenvalue weighted by Gasteiger charge is 2.47. The van der Waals surface area contributed by atoms with E-state index in [0.29, 0.717) is 13.0 Å². The van der Waals surface area contributed by atoms with Gasteiger partial charge >= 0.3 is 0 Å². The van der Waals surface area contributed by atoms with E-state index >= 15 is 0 Å². The lowest BCUT2D eigenvalue weighted by molar-refractivity contribution is -0.129. The normalized spacial score (nSPS) is 22.1. The lowest BCUT2D eigenvalue weighted by Crippen LogP contribution is -2.44. The van der Waals surface area contributed by atoms with E-state index in [1.807, 2.05) is 27.7 Å². The Labute approximate surface area is 103 Å². The van der Waals surface area contributed by atoms with Crippen molar-refractivity contribution in [2.45, 2.75) is 66.3 Å². The lowest BCUT2D eigenvalue weighted by atomic mass is 9.63. The summed E-state index contributed by atoms with van der Waals surface area (Å²) in [5, 5.41) is 0. The predicted molar refractivity (Wildman–Crippen MR) is 63.1 cm³/mol. The van der Waals surface area contributed by atoms with Crippen molar-refractivity contribution < 1.29 is 18.3 Å². The minimum atomic E-state index is -2.34. The second kappa shape index (κ2) is 4.47. The highest BCUT2D eigenvalue weighted by Crippen LogP contribution is 2.48. The van der Waals surface area contributed by atoms with Gasteiger partial charge < -0.3 is 9.47 Å². The number of hydrogen-bond donors (Lipinski definition) is 0. The summed E-state index contributed by atoms with van der Waals surface area (Å²) >= 11 is 0. The Bertz CT molecular complexity index is 269. The first-order chi connectivity index (χ1) is 7.48. The van der Waals surface area contributed by atoms with E-state index in [9.17, 15) is 8.78 Å². The van der Waals surface area contributed by atoms with Crippen LogP contribution in [0.4, 0.5) is 8.78 Å². The molecule has 0 amide bonds. The summed E-state index contributed by atoms with van der Waals surface area (Å²) in [6.07, 6.45) is -1.92. The van der Waals surface area contributed by atoms with Crippen LogP contribution in [0.3, 0.4) is 0 Å². The lowest BCUT2D eigenvalue weighted by Gasteiger charge is -2.45. The van der Waals surface area contributed by atoms with E-state index in [0.717, 1.165) is 0 Å². The van der Waals surface area contributed by atoms with Gasteiger partial charge in [0.25, 0.3) is 0 Å². The Morgan fingerprint density at radius 3 is 2.00 bits per heavy atom. The Morgan fingerprint density at radius 1 is 1.18 bits per heavy atom. The number of epoxide rings is 1. The third-order valence-corrected chi connectivity index (χ3v) is 3.91. The smallest absolute Gasteiger partial charge is 0.244 e. The molecule has 2 nitrogen and oxygen atoms in total. The van der Waals surface area contributed by atoms with Crippen LogP contribution in [0.25, 0.3) is 0 Å². The highest BCUT2D eigenvalue weighted by atomic mass is 19.3. The minimum Gasteiger partial charge on any atom is -0.345 e. The van der Waals surface area contributed by atoms with E-state index < -0.39 is 22.9 Å². The average Bonchev–Trinajstić information content (AvgIpc) is 2.84. The van der Waals surface area contributed by atoms with Gasteiger partial charge in [-0.1, -0.05) is 27.7 Å². The molecule has 1 unspecified atom stereocenters. The summed E-state index contributed by atoms with van der Waals surface area (Å²) in [6.45, 7) is 11.4. The molecule has 0 aromatic carbocycles. The van der Waals surface area contributed by atoms with Gasteiger partial charge in [0, 0.05) is 5.41 Å². The molecule has 4 heteroatoms. The predicted octanol–water partition coefficient (Wildman–Crippen LogP) is 3.85. The maximum absolute atomic E-state index is 13.1. The van der Waals surface area contributed by atoms with Crippen LogP contribution >= 0.6 is 0 Å². The van der Waals surface area contributed by atoms with Crippen LogP contribution in [0.5, 0.6) is 0 Å². The van der Waals surface area contributed by atoms with Gasteiger partial charge in [0.05, 0.1) is 5.60 Å². The van der Waals surface area contributed by atoms with Crippen molar-refractivity contribution in [2.24, 2.45) is 10.8 Å². The molecule has 0 bridgehead atoms. The summed E-state index contributed by atoms with van der Waals surface area (Å²) < 4.78 is 36.9. The molecule has 0 radical (unpaired) electrons. The first kappa shape index (κ1) is 14.8. The Balaban J connectivity index is 2.69. The zero-order chi connectivity index (χ0) is 13.5. The summed E-state index contributed by atoms with van der Waals surface area (Å²) in [4.78, 5) is 0. The van der Waals surface area contributed by atoms with E-state index in [1.165, 1.54) is 0 Å². The molecule has 1 aliphatic heterocycles. The molecule has 1 fully saturated rings. The zero-order valence-electron chi connectivity index (χ0n) is 11.6. The number of alkyl halides is 2. The zero-order valence-corrected chi connectivity index (χ0v) is 11.6. The van der Waals surface area contributed by atoms with Crippen molar-refractivity contribution in [1.82, 2.24) is 0 Å². The van der Waals surface area contributed by atoms with Crippen LogP contribution in [0.2, 0.25) is 0 Å². The van der Waals surface area contributed by atoms with E-state index in [-0.39, 0.29) is 6.29 Å². The van der Waals surface area contributed by atoms with E-state index in [4.69, 9.17) is 9.47 Å². The van der Waals surface area contributed by atoms with Crippen molar-refractivity contribution in [2.75, 3.05) is 6.61 Å². The van der Waals surface area contributed by atoms with Crippen molar-refractivity contribution in [3.8, 4) is 0 Å². The molecule has 0 aliphatic carbocycles. The van der Waals surface area contributed by atoms with Crippen LogP contribution in [-0.4, -0.2) is 24.9 Å². The second-order valence-corrected chi connectivity index (χ2v) is 6.72. The molecule has 0 aromatic rings. The first-order valence-electron chi connectivity index (χ1n) is 6.05. The maximum atomic E-state index is 13.1. The molecule has 0 spiro atoms. The summed E-state index contributed by atoms with van der Waals surface area (Å²) in [5.41, 5.74) is -2.01. The van der Waals surface area contributed by atoms with Gasteiger partial charge in [0.2, 0.25) is 6.43 Å². The molecule has 1 saturated heterocycles. The van der Waals surface area contributed by atoms with Crippen LogP contribution in [0.15, 0.2) is 0 Å². The van der Waals surface area contributed by atoms with Gasteiger partial charge in [0.1, 0.15) is 6.61 Å². The number of hydrogen-bond acceptors (Lipinski definition) is 2. The van der Waals surface area contributed by atoms with Crippen LogP contribution in [0, 0.1) is 10.8 Å². The highest BCUT2D eigenvalue weighted by molar-refractivity contribution is 4.92. The van der Waals surface area contributed by atoms with E-state index in [1.54, 1.807) is 13.8 Å². The molecule has 0 saturated carbocycles. The second-order valence-electron chi connectivity index (χ2n) is 6.72. The SMILES string of the molecule is CC(C)(CC(C)(C)C(C)(C)C(F)F)OC1CO1. The fraction of sp³-hybridized carbons (Fsp3) is 1.00. The van der Waals surface area contributed by atoms with Gasteiger partial charge in [-0.05, 0) is 25.7 Å². The first-order valence-corrected chi connectivity index (χ1v) is 6.05. The molecule has 0 N–H and O–H groups in total. The minimum absolute atomic E-state index is 0.143. The molecular weight excluding hydrogens is 226 g/mol. The third kappa shape index (κ3) is 3.62. The van der Waals surface area contributed by atoms with Crippen LogP contribution < -0.4 is 0 Å². The van der Waals surface area contributed by atoms with Crippen molar-refractivity contribution >= 4 is 0 Å². The number of rotatable bonds is 6. The third-order valence-electron chi connectivity index (χ3n) is 3.91. The average molecular weight is 250 g/mol. The summed E-state index contributed by atoms with van der Waals surface area (Å²) in [7, 11) is 0. The molecule has 1 aliphatic rings. The monoisotopic (exact) mass is 250 g/mol. The van der Waals surface area contributed by atoms with Gasteiger partial charge in [-0.15, -0.1) is 0 Å². The molecule has 17 heavy (non-hydrogen) atoms. The maximum Gasteiger partial charge on any atom is 0.244 e. The largest absolute Gasteiger partial charge is 0.345 e. The van der Waals surface area contributed by atoms with Gasteiger partial charge in [-0.3, -0.25) is 0 Å². The fourth-order valence-corrected chi connectivity index (χ4v) is 2.09. The topological polar surface area (TPSA) is 21.8 Å². The Hall–Kier alpha value is -0.220. The molecule has 1 rings (SSSR count). The van der Waals surface area contributed by atoms with Crippen molar-refractivity contribution in [3.63, 3.8) is 0 Å². The summed E-state index contributed by atoms with van der Waals surface area (Å²) in [5.74, 6) is 0. The number of ether oxygens (including phenoxy) is 2. The van der Waals surface area contributed by atoms with E-state index in [2.05, 4.69) is 0 Å². The molecule has 102 valence electrons. The molecule has 0 aromatic heterocycles. The van der Waals surface area contributed by atoms with Crippen molar-refractivity contribution in [3.05, 3.63) is 0 Å².